The first kappa shape index (κ1) is 12.9. The highest BCUT2D eigenvalue weighted by Crippen LogP contribution is 2.41. The molecule has 0 unspecified atom stereocenters. The summed E-state index contributed by atoms with van der Waals surface area (Å²) in [5.41, 5.74) is 0. The molecule has 1 N–H and O–H groups in total. The standard InChI is InChI=1S/C15H26O2/c1-11-2-6-13(7-3-11)14-8-4-12(5-9-14)10-15(16)17/h11-14H,2-10H2,1H3,(H,16,17)/t11-,12-,13-,14-. The Morgan fingerprint density at radius 3 is 1.88 bits per heavy atom. The Labute approximate surface area is 105 Å². The zero-order chi connectivity index (χ0) is 12.3. The first-order chi connectivity index (χ1) is 8.15. The van der Waals surface area contributed by atoms with Crippen molar-refractivity contribution < 1.29 is 9.90 Å². The Hall–Kier alpha value is -0.530. The van der Waals surface area contributed by atoms with Crippen molar-refractivity contribution in [2.24, 2.45) is 23.7 Å². The Bertz CT molecular complexity index is 246. The minimum Gasteiger partial charge on any atom is -0.481 e. The number of hydrogen-bond acceptors (Lipinski definition) is 1. The molecule has 0 aromatic heterocycles. The SMILES string of the molecule is C[C@H]1CC[C@H]([C@H]2CC[C@H](CC(=O)O)CC2)CC1. The van der Waals surface area contributed by atoms with Crippen LogP contribution in [0.15, 0.2) is 0 Å². The molecule has 0 radical (unpaired) electrons. The van der Waals surface area contributed by atoms with Crippen molar-refractivity contribution in [3.8, 4) is 0 Å². The quantitative estimate of drug-likeness (QED) is 0.804. The fourth-order valence-corrected chi connectivity index (χ4v) is 3.87. The molecule has 2 fully saturated rings. The van der Waals surface area contributed by atoms with Gasteiger partial charge in [-0.2, -0.15) is 0 Å². The van der Waals surface area contributed by atoms with E-state index in [0.717, 1.165) is 30.6 Å². The second-order valence-corrected chi connectivity index (χ2v) is 6.40. The van der Waals surface area contributed by atoms with Crippen molar-refractivity contribution in [2.45, 2.75) is 64.7 Å². The fraction of sp³-hybridized carbons (Fsp3) is 0.933. The molecule has 0 heterocycles. The summed E-state index contributed by atoms with van der Waals surface area (Å²) >= 11 is 0. The van der Waals surface area contributed by atoms with E-state index >= 15 is 0 Å². The van der Waals surface area contributed by atoms with Crippen molar-refractivity contribution in [2.75, 3.05) is 0 Å². The highest BCUT2D eigenvalue weighted by atomic mass is 16.4. The molecule has 2 nitrogen and oxygen atoms in total. The second kappa shape index (κ2) is 5.88. The van der Waals surface area contributed by atoms with Crippen LogP contribution in [-0.2, 0) is 4.79 Å². The molecule has 2 rings (SSSR count). The topological polar surface area (TPSA) is 37.3 Å². The van der Waals surface area contributed by atoms with Crippen molar-refractivity contribution in [1.82, 2.24) is 0 Å². The van der Waals surface area contributed by atoms with Gasteiger partial charge in [0, 0.05) is 6.42 Å². The third-order valence-corrected chi connectivity index (χ3v) is 5.08. The molecule has 2 aliphatic carbocycles. The lowest BCUT2D eigenvalue weighted by Crippen LogP contribution is -2.26. The second-order valence-electron chi connectivity index (χ2n) is 6.40. The zero-order valence-corrected chi connectivity index (χ0v) is 11.0. The molecule has 0 atom stereocenters. The molecule has 98 valence electrons. The van der Waals surface area contributed by atoms with E-state index in [1.54, 1.807) is 0 Å². The first-order valence-corrected chi connectivity index (χ1v) is 7.37. The van der Waals surface area contributed by atoms with E-state index in [-0.39, 0.29) is 0 Å². The number of carboxylic acids is 1. The molecular weight excluding hydrogens is 212 g/mol. The maximum absolute atomic E-state index is 10.7. The molecular formula is C15H26O2. The van der Waals surface area contributed by atoms with Gasteiger partial charge in [0.1, 0.15) is 0 Å². The monoisotopic (exact) mass is 238 g/mol. The zero-order valence-electron chi connectivity index (χ0n) is 11.0. The van der Waals surface area contributed by atoms with Crippen LogP contribution >= 0.6 is 0 Å². The highest BCUT2D eigenvalue weighted by Gasteiger charge is 2.30. The van der Waals surface area contributed by atoms with Gasteiger partial charge in [0.05, 0.1) is 0 Å². The smallest absolute Gasteiger partial charge is 0.303 e. The number of hydrogen-bond donors (Lipinski definition) is 1. The Morgan fingerprint density at radius 1 is 0.941 bits per heavy atom. The molecule has 0 aromatic rings. The number of aliphatic carboxylic acids is 1. The number of carboxylic acid groups (broad SMARTS) is 1. The number of carbonyl (C=O) groups is 1. The minimum absolute atomic E-state index is 0.397. The van der Waals surface area contributed by atoms with Gasteiger partial charge in [-0.05, 0) is 62.2 Å². The third kappa shape index (κ3) is 3.72. The van der Waals surface area contributed by atoms with Crippen LogP contribution in [0.25, 0.3) is 0 Å². The molecule has 0 saturated heterocycles. The van der Waals surface area contributed by atoms with Gasteiger partial charge in [-0.15, -0.1) is 0 Å². The molecule has 2 aliphatic rings. The van der Waals surface area contributed by atoms with Crippen molar-refractivity contribution >= 4 is 5.97 Å². The largest absolute Gasteiger partial charge is 0.481 e. The van der Waals surface area contributed by atoms with E-state index in [1.807, 2.05) is 0 Å². The van der Waals surface area contributed by atoms with Crippen LogP contribution in [0.5, 0.6) is 0 Å². The van der Waals surface area contributed by atoms with Crippen LogP contribution in [0.2, 0.25) is 0 Å². The van der Waals surface area contributed by atoms with E-state index in [1.165, 1.54) is 38.5 Å². The average molecular weight is 238 g/mol. The molecule has 0 bridgehead atoms. The summed E-state index contributed by atoms with van der Waals surface area (Å²) in [5.74, 6) is 2.66. The van der Waals surface area contributed by atoms with Gasteiger partial charge in [-0.1, -0.05) is 19.8 Å². The minimum atomic E-state index is -0.611. The van der Waals surface area contributed by atoms with E-state index in [0.29, 0.717) is 12.3 Å². The highest BCUT2D eigenvalue weighted by molar-refractivity contribution is 5.67. The lowest BCUT2D eigenvalue weighted by molar-refractivity contribution is -0.138. The van der Waals surface area contributed by atoms with Crippen molar-refractivity contribution in [3.05, 3.63) is 0 Å². The van der Waals surface area contributed by atoms with Crippen LogP contribution in [-0.4, -0.2) is 11.1 Å². The molecule has 2 saturated carbocycles. The normalized spacial score (nSPS) is 38.9. The summed E-state index contributed by atoms with van der Waals surface area (Å²) in [7, 11) is 0. The summed E-state index contributed by atoms with van der Waals surface area (Å²) in [6.07, 6.45) is 11.0. The fourth-order valence-electron chi connectivity index (χ4n) is 3.87. The molecule has 0 amide bonds. The molecule has 2 heteroatoms. The predicted octanol–water partition coefficient (Wildman–Crippen LogP) is 4.09. The van der Waals surface area contributed by atoms with E-state index in [9.17, 15) is 4.79 Å². The van der Waals surface area contributed by atoms with Gasteiger partial charge >= 0.3 is 5.97 Å². The van der Waals surface area contributed by atoms with Crippen LogP contribution in [0, 0.1) is 23.7 Å². The Morgan fingerprint density at radius 2 is 1.41 bits per heavy atom. The van der Waals surface area contributed by atoms with Gasteiger partial charge < -0.3 is 5.11 Å². The maximum atomic E-state index is 10.7. The summed E-state index contributed by atoms with van der Waals surface area (Å²) in [6.45, 7) is 2.37. The van der Waals surface area contributed by atoms with Gasteiger partial charge in [0.2, 0.25) is 0 Å². The summed E-state index contributed by atoms with van der Waals surface area (Å²) in [6, 6.07) is 0. The predicted molar refractivity (Wildman–Crippen MR) is 68.8 cm³/mol. The average Bonchev–Trinajstić information content (AvgIpc) is 2.30. The molecule has 0 aromatic carbocycles. The van der Waals surface area contributed by atoms with Crippen LogP contribution in [0.4, 0.5) is 0 Å². The Balaban J connectivity index is 1.73. The van der Waals surface area contributed by atoms with Gasteiger partial charge in [-0.3, -0.25) is 4.79 Å². The van der Waals surface area contributed by atoms with E-state index in [4.69, 9.17) is 5.11 Å². The maximum Gasteiger partial charge on any atom is 0.303 e. The van der Waals surface area contributed by atoms with Gasteiger partial charge in [0.15, 0.2) is 0 Å². The van der Waals surface area contributed by atoms with E-state index in [2.05, 4.69) is 6.92 Å². The first-order valence-electron chi connectivity index (χ1n) is 7.37. The van der Waals surface area contributed by atoms with Crippen LogP contribution in [0.3, 0.4) is 0 Å². The molecule has 0 aliphatic heterocycles. The van der Waals surface area contributed by atoms with Gasteiger partial charge in [0.25, 0.3) is 0 Å². The summed E-state index contributed by atoms with van der Waals surface area (Å²) in [5, 5.41) is 8.81. The lowest BCUT2D eigenvalue weighted by Gasteiger charge is -2.37. The van der Waals surface area contributed by atoms with Crippen molar-refractivity contribution in [3.63, 3.8) is 0 Å². The molecule has 17 heavy (non-hydrogen) atoms. The van der Waals surface area contributed by atoms with Gasteiger partial charge in [-0.25, -0.2) is 0 Å². The lowest BCUT2D eigenvalue weighted by atomic mass is 9.69. The Kier molecular flexibility index (Phi) is 4.47. The molecule has 0 spiro atoms. The van der Waals surface area contributed by atoms with Crippen molar-refractivity contribution in [1.29, 1.82) is 0 Å². The van der Waals surface area contributed by atoms with E-state index < -0.39 is 5.97 Å². The summed E-state index contributed by atoms with van der Waals surface area (Å²) in [4.78, 5) is 10.7. The third-order valence-electron chi connectivity index (χ3n) is 5.08. The number of rotatable bonds is 3. The van der Waals surface area contributed by atoms with Crippen LogP contribution in [0.1, 0.15) is 64.7 Å². The van der Waals surface area contributed by atoms with Crippen LogP contribution < -0.4 is 0 Å². The summed E-state index contributed by atoms with van der Waals surface area (Å²) < 4.78 is 0.